The summed E-state index contributed by atoms with van der Waals surface area (Å²) < 4.78 is 23.1. The monoisotopic (exact) mass is 138 g/mol. The predicted octanol–water partition coefficient (Wildman–Crippen LogP) is 2.23. The van der Waals surface area contributed by atoms with E-state index in [1.165, 1.54) is 6.92 Å². The predicted molar refractivity (Wildman–Crippen MR) is 28.9 cm³/mol. The zero-order valence-electron chi connectivity index (χ0n) is 4.34. The molecule has 0 atom stereocenters. The molecule has 0 saturated carbocycles. The first-order chi connectivity index (χ1) is 3.56. The van der Waals surface area contributed by atoms with Crippen molar-refractivity contribution in [3.63, 3.8) is 0 Å². The van der Waals surface area contributed by atoms with Crippen LogP contribution in [0.4, 0.5) is 8.78 Å². The molecule has 0 aliphatic carbocycles. The van der Waals surface area contributed by atoms with Crippen LogP contribution in [0.15, 0.2) is 0 Å². The summed E-state index contributed by atoms with van der Waals surface area (Å²) in [6.45, 7) is 1.49. The minimum absolute atomic E-state index is 0.564. The Balaban J connectivity index is 3.50. The number of hydrogen-bond acceptors (Lipinski definition) is 0. The summed E-state index contributed by atoms with van der Waals surface area (Å²) in [6, 6.07) is 0. The van der Waals surface area contributed by atoms with Crippen LogP contribution in [0.2, 0.25) is 0 Å². The average Bonchev–Trinajstić information content (AvgIpc) is 1.59. The van der Waals surface area contributed by atoms with Gasteiger partial charge in [0.25, 0.3) is 0 Å². The molecule has 0 unspecified atom stereocenters. The highest BCUT2D eigenvalue weighted by molar-refractivity contribution is 6.21. The van der Waals surface area contributed by atoms with Gasteiger partial charge in [-0.15, -0.1) is 5.92 Å². The molecule has 0 aliphatic heterocycles. The smallest absolute Gasteiger partial charge is 0.187 e. The Bertz CT molecular complexity index is 115. The van der Waals surface area contributed by atoms with E-state index in [1.54, 1.807) is 0 Å². The molecule has 0 fully saturated rings. The molecule has 0 bridgehead atoms. The van der Waals surface area contributed by atoms with Crippen LogP contribution in [-0.2, 0) is 0 Å². The molecule has 0 heterocycles. The molecular weight excluding hydrogens is 134 g/mol. The topological polar surface area (TPSA) is 0 Å². The second-order valence-electron chi connectivity index (χ2n) is 1.22. The van der Waals surface area contributed by atoms with E-state index in [-0.39, 0.29) is 0 Å². The summed E-state index contributed by atoms with van der Waals surface area (Å²) in [5.41, 5.74) is 0. The van der Waals surface area contributed by atoms with E-state index in [0.717, 1.165) is 0 Å². The first-order valence-electron chi connectivity index (χ1n) is 2.02. The van der Waals surface area contributed by atoms with E-state index in [0.29, 0.717) is 0 Å². The quantitative estimate of drug-likeness (QED) is 0.385. The maximum absolute atomic E-state index is 11.6. The van der Waals surface area contributed by atoms with Crippen molar-refractivity contribution in [3.05, 3.63) is 0 Å². The Hall–Kier alpha value is -0.290. The summed E-state index contributed by atoms with van der Waals surface area (Å²) in [4.78, 5) is 0. The zero-order valence-corrected chi connectivity index (χ0v) is 5.10. The normalized spacial score (nSPS) is 10.0. The molecule has 0 amide bonds. The molecule has 0 nitrogen and oxygen atoms in total. The molecule has 3 heteroatoms. The van der Waals surface area contributed by atoms with Gasteiger partial charge in [-0.1, -0.05) is 5.92 Å². The summed E-state index contributed by atoms with van der Waals surface area (Å²) in [5.74, 6) is 4.47. The van der Waals surface area contributed by atoms with E-state index in [9.17, 15) is 8.78 Å². The molecular formula is C5H5ClF2. The van der Waals surface area contributed by atoms with E-state index in [1.807, 2.05) is 0 Å². The van der Waals surface area contributed by atoms with Crippen molar-refractivity contribution in [1.82, 2.24) is 0 Å². The van der Waals surface area contributed by atoms with Gasteiger partial charge in [0.1, 0.15) is 0 Å². The molecule has 0 rings (SSSR count). The maximum Gasteiger partial charge on any atom is 0.332 e. The third-order valence-electron chi connectivity index (χ3n) is 0.466. The van der Waals surface area contributed by atoms with Crippen LogP contribution in [0.3, 0.4) is 0 Å². The van der Waals surface area contributed by atoms with Crippen molar-refractivity contribution >= 4 is 11.6 Å². The van der Waals surface area contributed by atoms with Gasteiger partial charge in [0.15, 0.2) is 0 Å². The van der Waals surface area contributed by atoms with E-state index < -0.39 is 11.8 Å². The molecule has 0 saturated heterocycles. The molecule has 0 N–H and O–H groups in total. The van der Waals surface area contributed by atoms with Crippen LogP contribution in [0.25, 0.3) is 0 Å². The van der Waals surface area contributed by atoms with Crippen LogP contribution >= 0.6 is 11.6 Å². The molecule has 0 spiro atoms. The first-order valence-corrected chi connectivity index (χ1v) is 2.40. The van der Waals surface area contributed by atoms with Crippen LogP contribution < -0.4 is 0 Å². The standard InChI is InChI=1S/C5H5ClF2/c1-2-3-4-5(6,7)8/h4H2,1H3. The lowest BCUT2D eigenvalue weighted by molar-refractivity contribution is 0.103. The van der Waals surface area contributed by atoms with Gasteiger partial charge in [0.2, 0.25) is 0 Å². The van der Waals surface area contributed by atoms with Crippen molar-refractivity contribution in [1.29, 1.82) is 0 Å². The van der Waals surface area contributed by atoms with Crippen LogP contribution in [-0.4, -0.2) is 5.38 Å². The van der Waals surface area contributed by atoms with Crippen molar-refractivity contribution in [2.75, 3.05) is 0 Å². The first kappa shape index (κ1) is 7.71. The highest BCUT2D eigenvalue weighted by Crippen LogP contribution is 2.21. The third kappa shape index (κ3) is 5.71. The Kier molecular flexibility index (Phi) is 2.78. The lowest BCUT2D eigenvalue weighted by Gasteiger charge is -1.98. The van der Waals surface area contributed by atoms with Crippen molar-refractivity contribution in [2.45, 2.75) is 18.7 Å². The molecule has 0 aromatic rings. The van der Waals surface area contributed by atoms with Gasteiger partial charge < -0.3 is 0 Å². The minimum Gasteiger partial charge on any atom is -0.187 e. The summed E-state index contributed by atoms with van der Waals surface area (Å²) in [7, 11) is 0. The lowest BCUT2D eigenvalue weighted by atomic mass is 10.4. The van der Waals surface area contributed by atoms with E-state index in [4.69, 9.17) is 0 Å². The molecule has 0 aliphatic rings. The number of halogens is 3. The SMILES string of the molecule is CC#CCC(F)(F)Cl. The summed E-state index contributed by atoms with van der Waals surface area (Å²) in [5, 5.41) is -3.15. The Labute approximate surface area is 51.8 Å². The fourth-order valence-electron chi connectivity index (χ4n) is 0.189. The largest absolute Gasteiger partial charge is 0.332 e. The molecule has 8 heavy (non-hydrogen) atoms. The number of hydrogen-bond donors (Lipinski definition) is 0. The summed E-state index contributed by atoms with van der Waals surface area (Å²) >= 11 is 4.48. The maximum atomic E-state index is 11.6. The molecule has 0 aromatic carbocycles. The van der Waals surface area contributed by atoms with Crippen LogP contribution in [0.1, 0.15) is 13.3 Å². The van der Waals surface area contributed by atoms with Gasteiger partial charge in [-0.2, -0.15) is 8.78 Å². The van der Waals surface area contributed by atoms with Gasteiger partial charge >= 0.3 is 5.38 Å². The van der Waals surface area contributed by atoms with E-state index in [2.05, 4.69) is 23.4 Å². The van der Waals surface area contributed by atoms with Gasteiger partial charge in [-0.25, -0.2) is 0 Å². The lowest BCUT2D eigenvalue weighted by Crippen LogP contribution is -2.02. The summed E-state index contributed by atoms with van der Waals surface area (Å²) in [6.07, 6.45) is -0.564. The van der Waals surface area contributed by atoms with E-state index >= 15 is 0 Å². The minimum atomic E-state index is -3.15. The van der Waals surface area contributed by atoms with Crippen molar-refractivity contribution in [2.24, 2.45) is 0 Å². The highest BCUT2D eigenvalue weighted by Gasteiger charge is 2.21. The Morgan fingerprint density at radius 2 is 2.12 bits per heavy atom. The third-order valence-corrected chi connectivity index (χ3v) is 0.599. The van der Waals surface area contributed by atoms with Crippen molar-refractivity contribution < 1.29 is 8.78 Å². The zero-order chi connectivity index (χ0) is 6.62. The van der Waals surface area contributed by atoms with Crippen LogP contribution in [0.5, 0.6) is 0 Å². The van der Waals surface area contributed by atoms with Gasteiger partial charge in [-0.3, -0.25) is 0 Å². The molecule has 46 valence electrons. The second-order valence-corrected chi connectivity index (χ2v) is 1.77. The fraction of sp³-hybridized carbons (Fsp3) is 0.600. The Morgan fingerprint density at radius 1 is 1.62 bits per heavy atom. The van der Waals surface area contributed by atoms with Gasteiger partial charge in [-0.05, 0) is 18.5 Å². The van der Waals surface area contributed by atoms with Gasteiger partial charge in [0.05, 0.1) is 6.42 Å². The molecule has 0 radical (unpaired) electrons. The highest BCUT2D eigenvalue weighted by atomic mass is 35.5. The fourth-order valence-corrected chi connectivity index (χ4v) is 0.255. The molecule has 0 aromatic heterocycles. The number of alkyl halides is 3. The van der Waals surface area contributed by atoms with Crippen LogP contribution in [0, 0.1) is 11.8 Å². The second kappa shape index (κ2) is 2.88. The average molecular weight is 139 g/mol. The number of rotatable bonds is 1. The Morgan fingerprint density at radius 3 is 2.25 bits per heavy atom. The van der Waals surface area contributed by atoms with Crippen molar-refractivity contribution in [3.8, 4) is 11.8 Å². The van der Waals surface area contributed by atoms with Gasteiger partial charge in [0, 0.05) is 0 Å².